The smallest absolute Gasteiger partial charge is 0.336 e. The molecule has 0 bridgehead atoms. The molecule has 1 aromatic carbocycles. The maximum absolute atomic E-state index is 11.9. The van der Waals surface area contributed by atoms with Gasteiger partial charge in [-0.25, -0.2) is 14.6 Å². The number of aromatic nitrogens is 4. The lowest BCUT2D eigenvalue weighted by molar-refractivity contribution is 0.0695. The molecule has 0 aliphatic heterocycles. The Kier molecular flexibility index (Phi) is 6.01. The molecule has 1 saturated carbocycles. The SMILES string of the molecule is CCc1c(C(=O)O)cc(C(=O)O)c(CC)c1Nc1nc(Cl)nc2c1ncn2C1CCCC1. The Bertz CT molecular complexity index is 1180. The number of fused-ring (bicyclic) bond motifs is 1. The molecule has 168 valence electrons. The summed E-state index contributed by atoms with van der Waals surface area (Å²) < 4.78 is 2.01. The lowest BCUT2D eigenvalue weighted by Gasteiger charge is -2.20. The fourth-order valence-electron chi connectivity index (χ4n) is 4.58. The summed E-state index contributed by atoms with van der Waals surface area (Å²) in [6.45, 7) is 3.65. The predicted octanol–water partition coefficient (Wildman–Crippen LogP) is 4.86. The van der Waals surface area contributed by atoms with Crippen molar-refractivity contribution in [1.82, 2.24) is 19.5 Å². The zero-order valence-corrected chi connectivity index (χ0v) is 18.6. The van der Waals surface area contributed by atoms with Crippen molar-refractivity contribution < 1.29 is 19.8 Å². The third kappa shape index (κ3) is 3.77. The van der Waals surface area contributed by atoms with E-state index >= 15 is 0 Å². The van der Waals surface area contributed by atoms with Crippen LogP contribution in [-0.2, 0) is 12.8 Å². The maximum atomic E-state index is 11.9. The summed E-state index contributed by atoms with van der Waals surface area (Å²) in [6.07, 6.45) is 6.87. The minimum Gasteiger partial charge on any atom is -0.478 e. The van der Waals surface area contributed by atoms with E-state index in [1.807, 2.05) is 18.4 Å². The first-order valence-electron chi connectivity index (χ1n) is 10.7. The first-order chi connectivity index (χ1) is 15.3. The summed E-state index contributed by atoms with van der Waals surface area (Å²) in [5, 5.41) is 22.6. The van der Waals surface area contributed by atoms with Gasteiger partial charge in [0.2, 0.25) is 5.28 Å². The van der Waals surface area contributed by atoms with Gasteiger partial charge in [-0.3, -0.25) is 0 Å². The van der Waals surface area contributed by atoms with Gasteiger partial charge in [0.05, 0.1) is 17.5 Å². The largest absolute Gasteiger partial charge is 0.478 e. The lowest BCUT2D eigenvalue weighted by Crippen LogP contribution is -2.14. The van der Waals surface area contributed by atoms with Gasteiger partial charge in [0.15, 0.2) is 17.0 Å². The van der Waals surface area contributed by atoms with Gasteiger partial charge in [-0.15, -0.1) is 0 Å². The molecule has 1 fully saturated rings. The number of aromatic carboxylic acids is 2. The molecule has 0 radical (unpaired) electrons. The molecule has 3 aromatic rings. The number of carboxylic acids is 2. The van der Waals surface area contributed by atoms with Gasteiger partial charge in [0.25, 0.3) is 0 Å². The molecular weight excluding hydrogens is 434 g/mol. The highest BCUT2D eigenvalue weighted by molar-refractivity contribution is 6.28. The van der Waals surface area contributed by atoms with Crippen LogP contribution in [-0.4, -0.2) is 41.7 Å². The Morgan fingerprint density at radius 2 is 1.69 bits per heavy atom. The van der Waals surface area contributed by atoms with E-state index in [4.69, 9.17) is 11.6 Å². The number of halogens is 1. The molecule has 0 spiro atoms. The van der Waals surface area contributed by atoms with Crippen molar-refractivity contribution in [3.63, 3.8) is 0 Å². The molecule has 4 rings (SSSR count). The minimum absolute atomic E-state index is 0.0312. The van der Waals surface area contributed by atoms with E-state index in [-0.39, 0.29) is 16.4 Å². The maximum Gasteiger partial charge on any atom is 0.336 e. The minimum atomic E-state index is -1.19. The van der Waals surface area contributed by atoms with Crippen molar-refractivity contribution in [3.8, 4) is 0 Å². The third-order valence-electron chi connectivity index (χ3n) is 6.07. The van der Waals surface area contributed by atoms with Crippen LogP contribution in [0.15, 0.2) is 12.4 Å². The highest BCUT2D eigenvalue weighted by Gasteiger charge is 2.26. The van der Waals surface area contributed by atoms with E-state index in [0.717, 1.165) is 25.7 Å². The summed E-state index contributed by atoms with van der Waals surface area (Å²) in [5.41, 5.74) is 2.40. The van der Waals surface area contributed by atoms with Crippen LogP contribution < -0.4 is 5.32 Å². The molecule has 1 aliphatic rings. The number of imidazole rings is 1. The number of rotatable bonds is 7. The summed E-state index contributed by atoms with van der Waals surface area (Å²) in [5.74, 6) is -2.06. The number of carbonyl (C=O) groups is 2. The molecule has 2 heterocycles. The summed E-state index contributed by atoms with van der Waals surface area (Å²) in [4.78, 5) is 37.0. The molecule has 0 amide bonds. The van der Waals surface area contributed by atoms with Gasteiger partial charge >= 0.3 is 11.9 Å². The van der Waals surface area contributed by atoms with Gasteiger partial charge in [-0.05, 0) is 54.5 Å². The number of hydrogen-bond donors (Lipinski definition) is 3. The standard InChI is InChI=1S/C22H24ClN5O4/c1-3-12-14(20(29)30)9-15(21(31)32)13(4-2)16(12)25-18-17-19(27-22(23)26-18)28(10-24-17)11-7-5-6-8-11/h9-11H,3-8H2,1-2H3,(H,29,30)(H,31,32)(H,25,26,27). The zero-order valence-electron chi connectivity index (χ0n) is 17.9. The van der Waals surface area contributed by atoms with Gasteiger partial charge in [-0.1, -0.05) is 26.7 Å². The fraction of sp³-hybridized carbons (Fsp3) is 0.409. The molecule has 0 saturated heterocycles. The number of benzene rings is 1. The van der Waals surface area contributed by atoms with Gasteiger partial charge in [0.1, 0.15) is 0 Å². The van der Waals surface area contributed by atoms with Crippen LogP contribution in [0, 0.1) is 0 Å². The van der Waals surface area contributed by atoms with E-state index in [2.05, 4.69) is 20.3 Å². The van der Waals surface area contributed by atoms with Gasteiger partial charge in [-0.2, -0.15) is 9.97 Å². The predicted molar refractivity (Wildman–Crippen MR) is 120 cm³/mol. The molecule has 1 aliphatic carbocycles. The quantitative estimate of drug-likeness (QED) is 0.429. The van der Waals surface area contributed by atoms with Crippen LogP contribution in [0.5, 0.6) is 0 Å². The molecule has 0 atom stereocenters. The van der Waals surface area contributed by atoms with Crippen molar-refractivity contribution in [2.24, 2.45) is 0 Å². The molecule has 0 unspecified atom stereocenters. The van der Waals surface area contributed by atoms with Crippen molar-refractivity contribution in [1.29, 1.82) is 0 Å². The van der Waals surface area contributed by atoms with Gasteiger partial charge in [0, 0.05) is 11.7 Å². The Balaban J connectivity index is 1.92. The lowest BCUT2D eigenvalue weighted by atomic mass is 9.92. The molecule has 3 N–H and O–H groups in total. The van der Waals surface area contributed by atoms with Crippen molar-refractivity contribution in [2.45, 2.75) is 58.4 Å². The van der Waals surface area contributed by atoms with Crippen LogP contribution in [0.4, 0.5) is 11.5 Å². The normalized spacial score (nSPS) is 14.2. The highest BCUT2D eigenvalue weighted by Crippen LogP contribution is 2.36. The molecule has 10 heteroatoms. The van der Waals surface area contributed by atoms with Crippen molar-refractivity contribution in [3.05, 3.63) is 39.9 Å². The van der Waals surface area contributed by atoms with Crippen LogP contribution in [0.2, 0.25) is 5.28 Å². The zero-order chi connectivity index (χ0) is 23.0. The summed E-state index contributed by atoms with van der Waals surface area (Å²) in [7, 11) is 0. The topological polar surface area (TPSA) is 130 Å². The highest BCUT2D eigenvalue weighted by atomic mass is 35.5. The first-order valence-corrected chi connectivity index (χ1v) is 11.1. The van der Waals surface area contributed by atoms with E-state index in [1.165, 1.54) is 6.07 Å². The molecule has 9 nitrogen and oxygen atoms in total. The number of anilines is 2. The van der Waals surface area contributed by atoms with Crippen LogP contribution in [0.1, 0.15) is 77.4 Å². The second-order valence-electron chi connectivity index (χ2n) is 7.85. The van der Waals surface area contributed by atoms with Crippen molar-refractivity contribution in [2.75, 3.05) is 5.32 Å². The summed E-state index contributed by atoms with van der Waals surface area (Å²) in [6, 6.07) is 1.52. The van der Waals surface area contributed by atoms with Crippen molar-refractivity contribution >= 4 is 46.2 Å². The second kappa shape index (κ2) is 8.74. The van der Waals surface area contributed by atoms with E-state index in [9.17, 15) is 19.8 Å². The Morgan fingerprint density at radius 3 is 2.22 bits per heavy atom. The summed E-state index contributed by atoms with van der Waals surface area (Å²) >= 11 is 6.24. The fourth-order valence-corrected chi connectivity index (χ4v) is 4.75. The monoisotopic (exact) mass is 457 g/mol. The Morgan fingerprint density at radius 1 is 1.09 bits per heavy atom. The number of nitrogens with zero attached hydrogens (tertiary/aromatic N) is 4. The average Bonchev–Trinajstić information content (AvgIpc) is 3.42. The number of nitrogens with one attached hydrogen (secondary N) is 1. The van der Waals surface area contributed by atoms with E-state index in [0.29, 0.717) is 52.7 Å². The molecule has 2 aromatic heterocycles. The molecule has 32 heavy (non-hydrogen) atoms. The van der Waals surface area contributed by atoms with Crippen LogP contribution in [0.3, 0.4) is 0 Å². The van der Waals surface area contributed by atoms with Crippen LogP contribution in [0.25, 0.3) is 11.2 Å². The van der Waals surface area contributed by atoms with E-state index < -0.39 is 11.9 Å². The molecular formula is C22H24ClN5O4. The average molecular weight is 458 g/mol. The number of hydrogen-bond acceptors (Lipinski definition) is 6. The third-order valence-corrected chi connectivity index (χ3v) is 6.24. The van der Waals surface area contributed by atoms with Gasteiger partial charge < -0.3 is 20.1 Å². The van der Waals surface area contributed by atoms with Crippen LogP contribution >= 0.6 is 11.6 Å². The number of carboxylic acid groups (broad SMARTS) is 2. The van der Waals surface area contributed by atoms with E-state index in [1.54, 1.807) is 6.33 Å². The Hall–Kier alpha value is -3.20. The first kappa shape index (κ1) is 22.0. The second-order valence-corrected chi connectivity index (χ2v) is 8.19. The Labute approximate surface area is 189 Å².